The summed E-state index contributed by atoms with van der Waals surface area (Å²) in [4.78, 5) is 35.8. The van der Waals surface area contributed by atoms with Gasteiger partial charge in [-0.3, -0.25) is 14.4 Å². The lowest BCUT2D eigenvalue weighted by atomic mass is 9.86. The highest BCUT2D eigenvalue weighted by molar-refractivity contribution is 6.25. The average molecular weight is 349 g/mol. The van der Waals surface area contributed by atoms with Crippen LogP contribution in [-0.4, -0.2) is 29.7 Å². The standard InChI is InChI=1S/C21H19NO4/c1-22-18-4-2-3-15-11-17(20(24)12-16(15)18)19(23)9-13-5-7-14(8-6-13)10-21(25)26/h2-8,11,22H,9-10,12H2,1H3,(H,25,26). The van der Waals surface area contributed by atoms with Crippen LogP contribution in [0.2, 0.25) is 0 Å². The Morgan fingerprint density at radius 1 is 1.04 bits per heavy atom. The third-order valence-electron chi connectivity index (χ3n) is 4.46. The maximum Gasteiger partial charge on any atom is 0.307 e. The molecule has 0 saturated heterocycles. The zero-order chi connectivity index (χ0) is 18.7. The van der Waals surface area contributed by atoms with Crippen molar-refractivity contribution in [2.45, 2.75) is 19.3 Å². The minimum absolute atomic E-state index is 0.0531. The summed E-state index contributed by atoms with van der Waals surface area (Å²) in [5, 5.41) is 11.9. The van der Waals surface area contributed by atoms with Gasteiger partial charge in [0.25, 0.3) is 0 Å². The number of allylic oxidation sites excluding steroid dienone is 1. The number of Topliss-reactive ketones (excluding diaryl/α,β-unsaturated/α-hetero) is 2. The molecule has 0 heterocycles. The largest absolute Gasteiger partial charge is 0.481 e. The first-order valence-corrected chi connectivity index (χ1v) is 8.35. The first-order chi connectivity index (χ1) is 12.5. The van der Waals surface area contributed by atoms with Gasteiger partial charge in [0.05, 0.1) is 12.0 Å². The van der Waals surface area contributed by atoms with Crippen molar-refractivity contribution in [3.05, 3.63) is 70.3 Å². The van der Waals surface area contributed by atoms with E-state index in [0.717, 1.165) is 22.4 Å². The lowest BCUT2D eigenvalue weighted by molar-refractivity contribution is -0.136. The second-order valence-corrected chi connectivity index (χ2v) is 6.27. The van der Waals surface area contributed by atoms with E-state index in [1.54, 1.807) is 37.4 Å². The molecular weight excluding hydrogens is 330 g/mol. The Hall–Kier alpha value is -3.21. The molecule has 0 aromatic heterocycles. The summed E-state index contributed by atoms with van der Waals surface area (Å²) in [6, 6.07) is 12.6. The number of carboxylic acids is 1. The molecule has 0 saturated carbocycles. The number of benzene rings is 2. The maximum atomic E-state index is 12.6. The van der Waals surface area contributed by atoms with Crippen LogP contribution in [-0.2, 0) is 33.6 Å². The van der Waals surface area contributed by atoms with Crippen molar-refractivity contribution >= 4 is 29.3 Å². The van der Waals surface area contributed by atoms with Crippen molar-refractivity contribution in [3.8, 4) is 0 Å². The third kappa shape index (κ3) is 3.72. The van der Waals surface area contributed by atoms with Crippen LogP contribution in [0.15, 0.2) is 48.0 Å². The second-order valence-electron chi connectivity index (χ2n) is 6.27. The Balaban J connectivity index is 1.80. The number of rotatable bonds is 6. The summed E-state index contributed by atoms with van der Waals surface area (Å²) < 4.78 is 0. The van der Waals surface area contributed by atoms with Crippen LogP contribution in [0.4, 0.5) is 5.69 Å². The Kier molecular flexibility index (Phi) is 4.98. The molecule has 0 amide bonds. The maximum absolute atomic E-state index is 12.6. The zero-order valence-electron chi connectivity index (χ0n) is 14.4. The van der Waals surface area contributed by atoms with Gasteiger partial charge in [0.15, 0.2) is 11.6 Å². The molecule has 26 heavy (non-hydrogen) atoms. The van der Waals surface area contributed by atoms with Crippen molar-refractivity contribution in [1.29, 1.82) is 0 Å². The number of ketones is 2. The van der Waals surface area contributed by atoms with Gasteiger partial charge in [-0.1, -0.05) is 36.4 Å². The van der Waals surface area contributed by atoms with Crippen molar-refractivity contribution in [2.75, 3.05) is 12.4 Å². The highest BCUT2D eigenvalue weighted by atomic mass is 16.4. The predicted molar refractivity (Wildman–Crippen MR) is 99.2 cm³/mol. The van der Waals surface area contributed by atoms with Crippen molar-refractivity contribution in [1.82, 2.24) is 0 Å². The average Bonchev–Trinajstić information content (AvgIpc) is 2.61. The number of hydrogen-bond donors (Lipinski definition) is 2. The number of carbonyl (C=O) groups is 3. The summed E-state index contributed by atoms with van der Waals surface area (Å²) in [6.07, 6.45) is 1.94. The SMILES string of the molecule is CNc1cccc2c1CC(=O)C(C(=O)Cc1ccc(CC(=O)O)cc1)=C2. The Bertz CT molecular complexity index is 910. The molecule has 0 radical (unpaired) electrons. The van der Waals surface area contributed by atoms with E-state index in [1.165, 1.54) is 0 Å². The van der Waals surface area contributed by atoms with E-state index in [4.69, 9.17) is 5.11 Å². The van der Waals surface area contributed by atoms with Gasteiger partial charge < -0.3 is 10.4 Å². The van der Waals surface area contributed by atoms with E-state index in [9.17, 15) is 14.4 Å². The van der Waals surface area contributed by atoms with E-state index in [0.29, 0.717) is 5.56 Å². The van der Waals surface area contributed by atoms with Crippen LogP contribution < -0.4 is 5.32 Å². The molecule has 0 fully saturated rings. The van der Waals surface area contributed by atoms with Gasteiger partial charge in [0.2, 0.25) is 0 Å². The predicted octanol–water partition coefficient (Wildman–Crippen LogP) is 2.68. The first-order valence-electron chi connectivity index (χ1n) is 8.35. The minimum Gasteiger partial charge on any atom is -0.481 e. The van der Waals surface area contributed by atoms with Gasteiger partial charge in [-0.25, -0.2) is 0 Å². The summed E-state index contributed by atoms with van der Waals surface area (Å²) in [7, 11) is 1.80. The topological polar surface area (TPSA) is 83.5 Å². The molecule has 1 aliphatic carbocycles. The number of nitrogens with one attached hydrogen (secondary N) is 1. The van der Waals surface area contributed by atoms with Crippen LogP contribution >= 0.6 is 0 Å². The van der Waals surface area contributed by atoms with E-state index < -0.39 is 5.97 Å². The Morgan fingerprint density at radius 2 is 1.69 bits per heavy atom. The first kappa shape index (κ1) is 17.6. The van der Waals surface area contributed by atoms with E-state index in [-0.39, 0.29) is 36.4 Å². The normalized spacial score (nSPS) is 13.0. The van der Waals surface area contributed by atoms with Gasteiger partial charge in [-0.2, -0.15) is 0 Å². The fourth-order valence-electron chi connectivity index (χ4n) is 3.13. The minimum atomic E-state index is -0.897. The third-order valence-corrected chi connectivity index (χ3v) is 4.46. The molecule has 5 nitrogen and oxygen atoms in total. The molecule has 3 rings (SSSR count). The Morgan fingerprint density at radius 3 is 2.31 bits per heavy atom. The van der Waals surface area contributed by atoms with Crippen molar-refractivity contribution in [2.24, 2.45) is 0 Å². The number of carboxylic acid groups (broad SMARTS) is 1. The van der Waals surface area contributed by atoms with Crippen molar-refractivity contribution in [3.63, 3.8) is 0 Å². The molecule has 132 valence electrons. The van der Waals surface area contributed by atoms with Crippen LogP contribution in [0.3, 0.4) is 0 Å². The highest BCUT2D eigenvalue weighted by Crippen LogP contribution is 2.28. The lowest BCUT2D eigenvalue weighted by Gasteiger charge is -2.18. The second kappa shape index (κ2) is 7.35. The summed E-state index contributed by atoms with van der Waals surface area (Å²) in [5.41, 5.74) is 4.35. The van der Waals surface area contributed by atoms with E-state index >= 15 is 0 Å². The molecule has 0 aliphatic heterocycles. The number of carbonyl (C=O) groups excluding carboxylic acids is 2. The van der Waals surface area contributed by atoms with Gasteiger partial charge in [0, 0.05) is 25.6 Å². The zero-order valence-corrected chi connectivity index (χ0v) is 14.4. The molecule has 1 aliphatic rings. The van der Waals surface area contributed by atoms with Gasteiger partial charge in [-0.15, -0.1) is 0 Å². The fourth-order valence-corrected chi connectivity index (χ4v) is 3.13. The number of hydrogen-bond acceptors (Lipinski definition) is 4. The van der Waals surface area contributed by atoms with Crippen LogP contribution in [0, 0.1) is 0 Å². The van der Waals surface area contributed by atoms with Gasteiger partial charge in [-0.05, 0) is 34.4 Å². The van der Waals surface area contributed by atoms with Gasteiger partial charge in [0.1, 0.15) is 0 Å². The quantitative estimate of drug-likeness (QED) is 0.784. The molecule has 0 bridgehead atoms. The lowest BCUT2D eigenvalue weighted by Crippen LogP contribution is -2.21. The number of fused-ring (bicyclic) bond motifs is 1. The van der Waals surface area contributed by atoms with E-state index in [2.05, 4.69) is 5.32 Å². The molecule has 0 atom stereocenters. The monoisotopic (exact) mass is 349 g/mol. The molecule has 0 spiro atoms. The molecule has 0 unspecified atom stereocenters. The molecule has 2 aromatic rings. The van der Waals surface area contributed by atoms with Crippen LogP contribution in [0.25, 0.3) is 6.08 Å². The summed E-state index contributed by atoms with van der Waals surface area (Å²) in [6.45, 7) is 0. The molecular formula is C21H19NO4. The molecule has 2 aromatic carbocycles. The highest BCUT2D eigenvalue weighted by Gasteiger charge is 2.25. The molecule has 5 heteroatoms. The summed E-state index contributed by atoms with van der Waals surface area (Å²) >= 11 is 0. The Labute approximate surface area is 151 Å². The number of aliphatic carboxylic acids is 1. The van der Waals surface area contributed by atoms with E-state index in [1.807, 2.05) is 18.2 Å². The summed E-state index contributed by atoms with van der Waals surface area (Å²) in [5.74, 6) is -1.29. The molecule has 2 N–H and O–H groups in total. The van der Waals surface area contributed by atoms with Crippen LogP contribution in [0.5, 0.6) is 0 Å². The smallest absolute Gasteiger partial charge is 0.307 e. The number of anilines is 1. The van der Waals surface area contributed by atoms with Gasteiger partial charge >= 0.3 is 5.97 Å². The van der Waals surface area contributed by atoms with Crippen LogP contribution in [0.1, 0.15) is 22.3 Å². The fraction of sp³-hybridized carbons (Fsp3) is 0.190. The van der Waals surface area contributed by atoms with Crippen molar-refractivity contribution < 1.29 is 19.5 Å².